The third kappa shape index (κ3) is 3.73. The summed E-state index contributed by atoms with van der Waals surface area (Å²) < 4.78 is 30.9. The van der Waals surface area contributed by atoms with Gasteiger partial charge in [0.15, 0.2) is 0 Å². The molecule has 0 saturated heterocycles. The van der Waals surface area contributed by atoms with Crippen molar-refractivity contribution < 1.29 is 17.8 Å². The standard InChI is InChI=1S/C7H19N2O4PS2/c1-5-9(6-2)16(11,12)8(4)14(10,15)13-7-3/h5-7H2,1-4H3,(H,10,15). The first kappa shape index (κ1) is 16.4. The predicted octanol–water partition coefficient (Wildman–Crippen LogP) is 0.758. The molecule has 0 rings (SSSR count). The van der Waals surface area contributed by atoms with Crippen LogP contribution in [0.1, 0.15) is 20.8 Å². The van der Waals surface area contributed by atoms with Crippen LogP contribution in [0.4, 0.5) is 0 Å². The molecule has 0 aromatic carbocycles. The molecule has 0 aliphatic carbocycles. The minimum Gasteiger partial charge on any atom is -0.333 e. The van der Waals surface area contributed by atoms with E-state index >= 15 is 0 Å². The van der Waals surface area contributed by atoms with E-state index in [-0.39, 0.29) is 6.61 Å². The lowest BCUT2D eigenvalue weighted by atomic mass is 10.7. The van der Waals surface area contributed by atoms with Crippen LogP contribution >= 0.6 is 6.64 Å². The second-order valence-electron chi connectivity index (χ2n) is 2.93. The van der Waals surface area contributed by atoms with Crippen molar-refractivity contribution in [1.82, 2.24) is 8.38 Å². The Labute approximate surface area is 103 Å². The van der Waals surface area contributed by atoms with Crippen molar-refractivity contribution in [2.24, 2.45) is 0 Å². The Morgan fingerprint density at radius 3 is 2.06 bits per heavy atom. The summed E-state index contributed by atoms with van der Waals surface area (Å²) in [6.45, 7) is 2.46. The van der Waals surface area contributed by atoms with Crippen LogP contribution in [0.2, 0.25) is 0 Å². The molecule has 98 valence electrons. The molecule has 0 heterocycles. The van der Waals surface area contributed by atoms with Crippen molar-refractivity contribution >= 4 is 28.7 Å². The molecule has 16 heavy (non-hydrogen) atoms. The van der Waals surface area contributed by atoms with E-state index in [4.69, 9.17) is 16.3 Å². The van der Waals surface area contributed by atoms with Crippen LogP contribution < -0.4 is 0 Å². The van der Waals surface area contributed by atoms with Gasteiger partial charge in [0.25, 0.3) is 16.9 Å². The van der Waals surface area contributed by atoms with E-state index in [2.05, 4.69) is 0 Å². The van der Waals surface area contributed by atoms with Crippen molar-refractivity contribution in [2.45, 2.75) is 20.8 Å². The Morgan fingerprint density at radius 2 is 1.75 bits per heavy atom. The van der Waals surface area contributed by atoms with E-state index in [1.807, 2.05) is 0 Å². The van der Waals surface area contributed by atoms with Crippen LogP contribution in [0.25, 0.3) is 0 Å². The lowest BCUT2D eigenvalue weighted by molar-refractivity contribution is 0.297. The molecule has 0 aromatic heterocycles. The molecule has 0 bridgehead atoms. The van der Waals surface area contributed by atoms with Gasteiger partial charge in [0.05, 0.1) is 6.61 Å². The van der Waals surface area contributed by atoms with Crippen LogP contribution in [0, 0.1) is 0 Å². The average molecular weight is 290 g/mol. The normalized spacial score (nSPS) is 16.7. The second kappa shape index (κ2) is 6.39. The van der Waals surface area contributed by atoms with Gasteiger partial charge in [-0.3, -0.25) is 0 Å². The summed E-state index contributed by atoms with van der Waals surface area (Å²) in [7, 11) is -2.50. The summed E-state index contributed by atoms with van der Waals surface area (Å²) in [5, 5.41) is 0. The fourth-order valence-electron chi connectivity index (χ4n) is 1.10. The maximum Gasteiger partial charge on any atom is 0.289 e. The predicted molar refractivity (Wildman–Crippen MR) is 67.7 cm³/mol. The number of hydrogen-bond acceptors (Lipinski definition) is 4. The monoisotopic (exact) mass is 290 g/mol. The van der Waals surface area contributed by atoms with Gasteiger partial charge in [-0.25, -0.2) is 0 Å². The van der Waals surface area contributed by atoms with Crippen LogP contribution in [0.3, 0.4) is 0 Å². The zero-order valence-corrected chi connectivity index (χ0v) is 12.5. The maximum atomic E-state index is 12.0. The Hall–Kier alpha value is 0.440. The van der Waals surface area contributed by atoms with E-state index in [1.165, 1.54) is 11.4 Å². The quantitative estimate of drug-likeness (QED) is 0.701. The van der Waals surface area contributed by atoms with Crippen LogP contribution in [0.15, 0.2) is 0 Å². The molecule has 0 aliphatic heterocycles. The van der Waals surface area contributed by atoms with Gasteiger partial charge in [0, 0.05) is 20.1 Å². The first-order valence-corrected chi connectivity index (χ1v) is 8.98. The smallest absolute Gasteiger partial charge is 0.289 e. The maximum absolute atomic E-state index is 12.0. The van der Waals surface area contributed by atoms with E-state index in [0.29, 0.717) is 13.1 Å². The third-order valence-corrected chi connectivity index (χ3v) is 7.81. The summed E-state index contributed by atoms with van der Waals surface area (Å²) in [6, 6.07) is 0. The molecule has 1 unspecified atom stereocenters. The fraction of sp³-hybridized carbons (Fsp3) is 1.00. The molecule has 0 saturated carbocycles. The number of rotatable bonds is 7. The third-order valence-electron chi connectivity index (χ3n) is 2.02. The Morgan fingerprint density at radius 1 is 1.31 bits per heavy atom. The average Bonchev–Trinajstić information content (AvgIpc) is 2.18. The molecular weight excluding hydrogens is 271 g/mol. The van der Waals surface area contributed by atoms with Crippen molar-refractivity contribution in [3.8, 4) is 0 Å². The van der Waals surface area contributed by atoms with Gasteiger partial charge < -0.3 is 9.42 Å². The molecule has 6 nitrogen and oxygen atoms in total. The van der Waals surface area contributed by atoms with E-state index in [9.17, 15) is 13.3 Å². The van der Waals surface area contributed by atoms with Crippen molar-refractivity contribution in [3.05, 3.63) is 0 Å². The molecule has 0 spiro atoms. The summed E-state index contributed by atoms with van der Waals surface area (Å²) in [4.78, 5) is 9.78. The Kier molecular flexibility index (Phi) is 6.57. The summed E-state index contributed by atoms with van der Waals surface area (Å²) in [6.07, 6.45) is 0. The topological polar surface area (TPSA) is 70.1 Å². The zero-order chi connectivity index (χ0) is 13.0. The van der Waals surface area contributed by atoms with E-state index in [0.717, 1.165) is 4.08 Å². The molecule has 0 aliphatic rings. The fourth-order valence-corrected chi connectivity index (χ4v) is 5.15. The number of hydrogen-bond donors (Lipinski definition) is 1. The first-order valence-electron chi connectivity index (χ1n) is 4.95. The van der Waals surface area contributed by atoms with E-state index < -0.39 is 16.9 Å². The minimum absolute atomic E-state index is 0.173. The summed E-state index contributed by atoms with van der Waals surface area (Å²) in [5.41, 5.74) is 0. The second-order valence-corrected chi connectivity index (χ2v) is 8.43. The number of nitrogens with zero attached hydrogens (tertiary/aromatic N) is 2. The van der Waals surface area contributed by atoms with Gasteiger partial charge in [0.1, 0.15) is 0 Å². The zero-order valence-electron chi connectivity index (χ0n) is 9.95. The summed E-state index contributed by atoms with van der Waals surface area (Å²) in [5.74, 6) is 0. The van der Waals surface area contributed by atoms with E-state index in [1.54, 1.807) is 20.8 Å². The molecule has 0 amide bonds. The van der Waals surface area contributed by atoms with Gasteiger partial charge in [-0.1, -0.05) is 13.8 Å². The van der Waals surface area contributed by atoms with Gasteiger partial charge in [-0.15, -0.1) is 4.08 Å². The SMILES string of the molecule is CCOP(O)(=S)N(C)S(=O)(=O)N(CC)CC. The molecule has 0 fully saturated rings. The first-order chi connectivity index (χ1) is 7.23. The van der Waals surface area contributed by atoms with Gasteiger partial charge >= 0.3 is 0 Å². The molecule has 1 N–H and O–H groups in total. The van der Waals surface area contributed by atoms with Crippen molar-refractivity contribution in [3.63, 3.8) is 0 Å². The molecule has 0 radical (unpaired) electrons. The highest BCUT2D eigenvalue weighted by Gasteiger charge is 2.34. The highest BCUT2D eigenvalue weighted by Crippen LogP contribution is 2.47. The van der Waals surface area contributed by atoms with Gasteiger partial charge in [-0.2, -0.15) is 12.7 Å². The largest absolute Gasteiger partial charge is 0.333 e. The van der Waals surface area contributed by atoms with Crippen molar-refractivity contribution in [1.29, 1.82) is 0 Å². The Bertz CT molecular complexity index is 355. The molecule has 1 atom stereocenters. The molecule has 0 aromatic rings. The lowest BCUT2D eigenvalue weighted by Gasteiger charge is -2.29. The highest BCUT2D eigenvalue weighted by molar-refractivity contribution is 8.12. The van der Waals surface area contributed by atoms with Crippen LogP contribution in [-0.4, -0.2) is 48.4 Å². The van der Waals surface area contributed by atoms with Gasteiger partial charge in [-0.05, 0) is 18.7 Å². The van der Waals surface area contributed by atoms with Crippen molar-refractivity contribution in [2.75, 3.05) is 26.7 Å². The van der Waals surface area contributed by atoms with Crippen LogP contribution in [0.5, 0.6) is 0 Å². The van der Waals surface area contributed by atoms with Crippen LogP contribution in [-0.2, 0) is 26.5 Å². The highest BCUT2D eigenvalue weighted by atomic mass is 32.5. The summed E-state index contributed by atoms with van der Waals surface area (Å²) >= 11 is 4.79. The van der Waals surface area contributed by atoms with Gasteiger partial charge in [0.2, 0.25) is 0 Å². The molecule has 9 heteroatoms. The molecular formula is C7H19N2O4PS2. The lowest BCUT2D eigenvalue weighted by Crippen LogP contribution is -2.40. The minimum atomic E-state index is -3.74. The Balaban J connectivity index is 5.11.